The highest BCUT2D eigenvalue weighted by Gasteiger charge is 2.68. The van der Waals surface area contributed by atoms with Gasteiger partial charge in [0.2, 0.25) is 5.91 Å². The van der Waals surface area contributed by atoms with Crippen LogP contribution in [0.15, 0.2) is 24.3 Å². The van der Waals surface area contributed by atoms with Crippen LogP contribution < -0.4 is 0 Å². The van der Waals surface area contributed by atoms with Gasteiger partial charge < -0.3 is 4.90 Å². The van der Waals surface area contributed by atoms with Crippen molar-refractivity contribution >= 4 is 15.7 Å². The van der Waals surface area contributed by atoms with E-state index in [1.54, 1.807) is 23.1 Å². The van der Waals surface area contributed by atoms with E-state index >= 15 is 0 Å². The molecule has 0 unspecified atom stereocenters. The second-order valence-electron chi connectivity index (χ2n) is 6.89. The normalized spacial score (nSPS) is 29.1. The fourth-order valence-corrected chi connectivity index (χ4v) is 4.75. The maximum absolute atomic E-state index is 14.3. The van der Waals surface area contributed by atoms with E-state index in [1.807, 2.05) is 13.8 Å². The van der Waals surface area contributed by atoms with Gasteiger partial charge in [0.05, 0.1) is 16.9 Å². The quantitative estimate of drug-likeness (QED) is 0.832. The lowest BCUT2D eigenvalue weighted by atomic mass is 9.86. The van der Waals surface area contributed by atoms with Crippen LogP contribution in [0.1, 0.15) is 25.8 Å². The Morgan fingerprint density at radius 1 is 1.18 bits per heavy atom. The fourth-order valence-electron chi connectivity index (χ4n) is 3.55. The molecule has 6 heteroatoms. The summed E-state index contributed by atoms with van der Waals surface area (Å²) in [6, 6.07) is 6.39. The first-order valence-corrected chi connectivity index (χ1v) is 9.27. The summed E-state index contributed by atoms with van der Waals surface area (Å²) < 4.78 is 37.3. The predicted molar refractivity (Wildman–Crippen MR) is 81.7 cm³/mol. The minimum Gasteiger partial charge on any atom is -0.340 e. The Hall–Kier alpha value is -1.43. The lowest BCUT2D eigenvalue weighted by Crippen LogP contribution is -2.49. The van der Waals surface area contributed by atoms with Gasteiger partial charge in [0.1, 0.15) is 5.82 Å². The van der Waals surface area contributed by atoms with Gasteiger partial charge >= 0.3 is 0 Å². The van der Waals surface area contributed by atoms with Crippen LogP contribution >= 0.6 is 0 Å². The molecule has 0 N–H and O–H groups in total. The molecule has 1 saturated carbocycles. The molecule has 1 heterocycles. The summed E-state index contributed by atoms with van der Waals surface area (Å²) in [5.41, 5.74) is -0.749. The SMILES string of the molecule is CC1(C)C[C@@]1(C(=O)N1CCS(=O)(=O)CC1)c1ccccc1F. The van der Waals surface area contributed by atoms with Crippen LogP contribution in [-0.4, -0.2) is 43.8 Å². The highest BCUT2D eigenvalue weighted by atomic mass is 32.2. The summed E-state index contributed by atoms with van der Waals surface area (Å²) in [6.45, 7) is 4.32. The van der Waals surface area contributed by atoms with Crippen molar-refractivity contribution in [1.82, 2.24) is 4.90 Å². The number of carbonyl (C=O) groups is 1. The Bertz CT molecular complexity index is 715. The van der Waals surface area contributed by atoms with Crippen molar-refractivity contribution in [3.63, 3.8) is 0 Å². The summed E-state index contributed by atoms with van der Waals surface area (Å²) >= 11 is 0. The zero-order valence-corrected chi connectivity index (χ0v) is 13.6. The molecule has 1 aromatic rings. The van der Waals surface area contributed by atoms with Gasteiger partial charge in [-0.15, -0.1) is 0 Å². The van der Waals surface area contributed by atoms with Crippen molar-refractivity contribution in [1.29, 1.82) is 0 Å². The van der Waals surface area contributed by atoms with E-state index in [4.69, 9.17) is 0 Å². The Labute approximate surface area is 130 Å². The number of benzene rings is 1. The number of amides is 1. The third kappa shape index (κ3) is 2.24. The molecule has 0 radical (unpaired) electrons. The Morgan fingerprint density at radius 2 is 1.73 bits per heavy atom. The summed E-state index contributed by atoms with van der Waals surface area (Å²) in [6.07, 6.45) is 0.586. The van der Waals surface area contributed by atoms with E-state index in [1.165, 1.54) is 6.07 Å². The lowest BCUT2D eigenvalue weighted by molar-refractivity contribution is -0.134. The molecule has 0 bridgehead atoms. The smallest absolute Gasteiger partial charge is 0.233 e. The summed E-state index contributed by atoms with van der Waals surface area (Å²) in [7, 11) is -3.04. The molecule has 1 aliphatic heterocycles. The van der Waals surface area contributed by atoms with Gasteiger partial charge in [0.15, 0.2) is 9.84 Å². The number of hydrogen-bond donors (Lipinski definition) is 0. The highest BCUT2D eigenvalue weighted by Crippen LogP contribution is 2.65. The highest BCUT2D eigenvalue weighted by molar-refractivity contribution is 7.91. The molecule has 2 aliphatic rings. The molecule has 3 rings (SSSR count). The summed E-state index contributed by atoms with van der Waals surface area (Å²) in [4.78, 5) is 14.6. The third-order valence-electron chi connectivity index (χ3n) is 5.07. The minimum atomic E-state index is -3.04. The second kappa shape index (κ2) is 4.78. The Balaban J connectivity index is 1.94. The first-order valence-electron chi connectivity index (χ1n) is 7.44. The number of carbonyl (C=O) groups excluding carboxylic acids is 1. The summed E-state index contributed by atoms with van der Waals surface area (Å²) in [5, 5.41) is 0. The zero-order valence-electron chi connectivity index (χ0n) is 12.8. The topological polar surface area (TPSA) is 54.5 Å². The van der Waals surface area contributed by atoms with Crippen LogP contribution in [0.2, 0.25) is 0 Å². The van der Waals surface area contributed by atoms with Crippen LogP contribution in [0.5, 0.6) is 0 Å². The molecule has 0 aromatic heterocycles. The molecule has 120 valence electrons. The maximum atomic E-state index is 14.3. The molecular formula is C16H20FNO3S. The Morgan fingerprint density at radius 3 is 2.23 bits per heavy atom. The van der Waals surface area contributed by atoms with Gasteiger partial charge in [-0.2, -0.15) is 0 Å². The van der Waals surface area contributed by atoms with Gasteiger partial charge in [-0.25, -0.2) is 12.8 Å². The third-order valence-corrected chi connectivity index (χ3v) is 6.68. The number of halogens is 1. The molecule has 2 fully saturated rings. The van der Waals surface area contributed by atoms with Crippen LogP contribution in [0, 0.1) is 11.2 Å². The maximum Gasteiger partial charge on any atom is 0.233 e. The monoisotopic (exact) mass is 325 g/mol. The van der Waals surface area contributed by atoms with E-state index in [9.17, 15) is 17.6 Å². The second-order valence-corrected chi connectivity index (χ2v) is 9.19. The van der Waals surface area contributed by atoms with Crippen molar-refractivity contribution in [3.8, 4) is 0 Å². The first-order chi connectivity index (χ1) is 10.2. The molecule has 1 aromatic carbocycles. The molecule has 22 heavy (non-hydrogen) atoms. The predicted octanol–water partition coefficient (Wildman–Crippen LogP) is 1.75. The largest absolute Gasteiger partial charge is 0.340 e. The molecule has 1 amide bonds. The molecule has 4 nitrogen and oxygen atoms in total. The van der Waals surface area contributed by atoms with Crippen LogP contribution in [-0.2, 0) is 20.0 Å². The van der Waals surface area contributed by atoms with Crippen LogP contribution in [0.25, 0.3) is 0 Å². The van der Waals surface area contributed by atoms with Gasteiger partial charge in [0, 0.05) is 18.7 Å². The van der Waals surface area contributed by atoms with E-state index in [0.717, 1.165) is 0 Å². The standard InChI is InChI=1S/C16H20FNO3S/c1-15(2)11-16(15,12-5-3-4-6-13(12)17)14(19)18-7-9-22(20,21)10-8-18/h3-6H,7-11H2,1-2H3/t16-/m0/s1. The fraction of sp³-hybridized carbons (Fsp3) is 0.562. The number of sulfone groups is 1. The number of rotatable bonds is 2. The summed E-state index contributed by atoms with van der Waals surface area (Å²) in [5.74, 6) is -0.525. The first kappa shape index (κ1) is 15.5. The molecular weight excluding hydrogens is 305 g/mol. The lowest BCUT2D eigenvalue weighted by Gasteiger charge is -2.32. The van der Waals surface area contributed by atoms with Crippen LogP contribution in [0.4, 0.5) is 4.39 Å². The van der Waals surface area contributed by atoms with E-state index in [0.29, 0.717) is 12.0 Å². The zero-order chi connectivity index (χ0) is 16.2. The van der Waals surface area contributed by atoms with Crippen molar-refractivity contribution in [2.75, 3.05) is 24.6 Å². The van der Waals surface area contributed by atoms with Crippen molar-refractivity contribution in [3.05, 3.63) is 35.6 Å². The number of nitrogens with zero attached hydrogens (tertiary/aromatic N) is 1. The molecule has 1 aliphatic carbocycles. The van der Waals surface area contributed by atoms with E-state index in [-0.39, 0.29) is 41.7 Å². The Kier molecular flexibility index (Phi) is 3.36. The molecule has 0 spiro atoms. The van der Waals surface area contributed by atoms with Crippen molar-refractivity contribution < 1.29 is 17.6 Å². The number of hydrogen-bond acceptors (Lipinski definition) is 3. The van der Waals surface area contributed by atoms with E-state index < -0.39 is 15.3 Å². The van der Waals surface area contributed by atoms with Gasteiger partial charge in [0.25, 0.3) is 0 Å². The molecule has 1 atom stereocenters. The van der Waals surface area contributed by atoms with Crippen LogP contribution in [0.3, 0.4) is 0 Å². The molecule has 1 saturated heterocycles. The average Bonchev–Trinajstić information content (AvgIpc) is 3.02. The van der Waals surface area contributed by atoms with Gasteiger partial charge in [-0.1, -0.05) is 32.0 Å². The average molecular weight is 325 g/mol. The van der Waals surface area contributed by atoms with Gasteiger partial charge in [-0.3, -0.25) is 4.79 Å². The minimum absolute atomic E-state index is 0.00742. The van der Waals surface area contributed by atoms with Crippen molar-refractivity contribution in [2.24, 2.45) is 5.41 Å². The van der Waals surface area contributed by atoms with Crippen molar-refractivity contribution in [2.45, 2.75) is 25.7 Å². The van der Waals surface area contributed by atoms with Gasteiger partial charge in [-0.05, 0) is 17.9 Å². The van der Waals surface area contributed by atoms with E-state index in [2.05, 4.69) is 0 Å².